The largest absolute Gasteiger partial charge is 0.493 e. The molecule has 7 heteroatoms. The van der Waals surface area contributed by atoms with Gasteiger partial charge < -0.3 is 19.5 Å². The maximum atomic E-state index is 12.3. The summed E-state index contributed by atoms with van der Waals surface area (Å²) in [5, 5.41) is 3.36. The van der Waals surface area contributed by atoms with Crippen LogP contribution < -0.4 is 19.5 Å². The average molecular weight is 415 g/mol. The Morgan fingerprint density at radius 3 is 2.38 bits per heavy atom. The number of carbonyl (C=O) groups excluding carboxylic acids is 1. The quantitative estimate of drug-likeness (QED) is 0.755. The number of methoxy groups -OCH3 is 2. The van der Waals surface area contributed by atoms with Crippen LogP contribution in [0.1, 0.15) is 6.92 Å². The van der Waals surface area contributed by atoms with Gasteiger partial charge in [0.25, 0.3) is 5.91 Å². The molecule has 1 N–H and O–H groups in total. The van der Waals surface area contributed by atoms with Crippen LogP contribution in [-0.4, -0.2) is 26.2 Å². The summed E-state index contributed by atoms with van der Waals surface area (Å²) in [4.78, 5) is 12.3. The van der Waals surface area contributed by atoms with Gasteiger partial charge in [-0.25, -0.2) is 0 Å². The van der Waals surface area contributed by atoms with Gasteiger partial charge in [0.05, 0.1) is 18.7 Å². The Bertz CT molecular complexity index is 739. The van der Waals surface area contributed by atoms with Crippen LogP contribution in [0.25, 0.3) is 0 Å². The fraction of sp³-hybridized carbons (Fsp3) is 0.235. The van der Waals surface area contributed by atoms with E-state index in [4.69, 9.17) is 25.8 Å². The molecule has 0 heterocycles. The molecule has 0 saturated carbocycles. The summed E-state index contributed by atoms with van der Waals surface area (Å²) in [6.07, 6.45) is -0.699. The molecule has 0 spiro atoms. The van der Waals surface area contributed by atoms with Crippen LogP contribution >= 0.6 is 27.5 Å². The minimum Gasteiger partial charge on any atom is -0.493 e. The fourth-order valence-electron chi connectivity index (χ4n) is 1.97. The molecule has 0 radical (unpaired) electrons. The molecule has 2 aromatic rings. The first-order valence-electron chi connectivity index (χ1n) is 7.09. The summed E-state index contributed by atoms with van der Waals surface area (Å²) in [5.74, 6) is 1.37. The van der Waals surface area contributed by atoms with E-state index in [0.717, 1.165) is 0 Å². The summed E-state index contributed by atoms with van der Waals surface area (Å²) in [6.45, 7) is 1.66. The van der Waals surface area contributed by atoms with E-state index in [1.807, 2.05) is 0 Å². The third-order valence-electron chi connectivity index (χ3n) is 3.22. The van der Waals surface area contributed by atoms with Gasteiger partial charge in [0.2, 0.25) is 0 Å². The maximum absolute atomic E-state index is 12.3. The molecule has 5 nitrogen and oxygen atoms in total. The van der Waals surface area contributed by atoms with Crippen molar-refractivity contribution >= 4 is 39.1 Å². The number of ether oxygens (including phenoxy) is 3. The van der Waals surface area contributed by atoms with Gasteiger partial charge in [0, 0.05) is 16.8 Å². The fourth-order valence-corrected chi connectivity index (χ4v) is 2.75. The Kier molecular flexibility index (Phi) is 6.34. The van der Waals surface area contributed by atoms with Crippen LogP contribution in [-0.2, 0) is 4.79 Å². The van der Waals surface area contributed by atoms with E-state index in [1.54, 1.807) is 50.4 Å². The second-order valence-corrected chi connectivity index (χ2v) is 6.18. The zero-order chi connectivity index (χ0) is 17.7. The highest BCUT2D eigenvalue weighted by molar-refractivity contribution is 9.10. The number of rotatable bonds is 6. The first kappa shape index (κ1) is 18.4. The Balaban J connectivity index is 2.06. The number of hydrogen-bond donors (Lipinski definition) is 1. The SMILES string of the molecule is COc1ccc(NC(=O)C(C)Oc2ccc(Cl)cc2Br)cc1OC. The third kappa shape index (κ3) is 4.55. The number of halogens is 2. The molecule has 24 heavy (non-hydrogen) atoms. The molecular weight excluding hydrogens is 398 g/mol. The highest BCUT2D eigenvalue weighted by Crippen LogP contribution is 2.31. The summed E-state index contributed by atoms with van der Waals surface area (Å²) in [7, 11) is 3.09. The van der Waals surface area contributed by atoms with Crippen LogP contribution in [0.15, 0.2) is 40.9 Å². The lowest BCUT2D eigenvalue weighted by atomic mass is 10.2. The first-order valence-corrected chi connectivity index (χ1v) is 8.26. The van der Waals surface area contributed by atoms with Crippen molar-refractivity contribution in [1.82, 2.24) is 0 Å². The van der Waals surface area contributed by atoms with Crippen molar-refractivity contribution in [2.45, 2.75) is 13.0 Å². The predicted octanol–water partition coefficient (Wildman–Crippen LogP) is 4.53. The lowest BCUT2D eigenvalue weighted by Crippen LogP contribution is -2.30. The Morgan fingerprint density at radius 1 is 1.08 bits per heavy atom. The first-order chi connectivity index (χ1) is 11.4. The lowest BCUT2D eigenvalue weighted by molar-refractivity contribution is -0.122. The Morgan fingerprint density at radius 2 is 1.75 bits per heavy atom. The molecule has 0 aliphatic carbocycles. The molecule has 128 valence electrons. The second-order valence-electron chi connectivity index (χ2n) is 4.89. The molecule has 0 aromatic heterocycles. The van der Waals surface area contributed by atoms with Crippen LogP contribution in [0.3, 0.4) is 0 Å². The number of anilines is 1. The third-order valence-corrected chi connectivity index (χ3v) is 4.07. The van der Waals surface area contributed by atoms with Crippen molar-refractivity contribution in [3.8, 4) is 17.2 Å². The predicted molar refractivity (Wildman–Crippen MR) is 97.4 cm³/mol. The second kappa shape index (κ2) is 8.26. The van der Waals surface area contributed by atoms with Crippen molar-refractivity contribution in [3.05, 3.63) is 45.9 Å². The van der Waals surface area contributed by atoms with Crippen LogP contribution in [0.4, 0.5) is 5.69 Å². The number of carbonyl (C=O) groups is 1. The van der Waals surface area contributed by atoms with Gasteiger partial charge in [0.15, 0.2) is 17.6 Å². The highest BCUT2D eigenvalue weighted by atomic mass is 79.9. The van der Waals surface area contributed by atoms with E-state index < -0.39 is 6.10 Å². The molecule has 0 aliphatic rings. The number of benzene rings is 2. The Labute approximate surface area is 154 Å². The molecule has 0 bridgehead atoms. The van der Waals surface area contributed by atoms with Gasteiger partial charge in [0.1, 0.15) is 5.75 Å². The number of amides is 1. The molecule has 0 saturated heterocycles. The van der Waals surface area contributed by atoms with Gasteiger partial charge in [-0.1, -0.05) is 11.6 Å². The molecule has 1 atom stereocenters. The zero-order valence-corrected chi connectivity index (χ0v) is 15.8. The van der Waals surface area contributed by atoms with Crippen molar-refractivity contribution in [3.63, 3.8) is 0 Å². The molecule has 0 aliphatic heterocycles. The van der Waals surface area contributed by atoms with Crippen LogP contribution in [0, 0.1) is 0 Å². The summed E-state index contributed by atoms with van der Waals surface area (Å²) < 4.78 is 16.7. The van der Waals surface area contributed by atoms with E-state index in [0.29, 0.717) is 32.4 Å². The van der Waals surface area contributed by atoms with E-state index in [-0.39, 0.29) is 5.91 Å². The van der Waals surface area contributed by atoms with Crippen molar-refractivity contribution in [1.29, 1.82) is 0 Å². The van der Waals surface area contributed by atoms with E-state index in [2.05, 4.69) is 21.2 Å². The molecular formula is C17H17BrClNO4. The zero-order valence-electron chi connectivity index (χ0n) is 13.4. The van der Waals surface area contributed by atoms with Crippen molar-refractivity contribution in [2.24, 2.45) is 0 Å². The molecule has 2 rings (SSSR count). The number of hydrogen-bond acceptors (Lipinski definition) is 4. The maximum Gasteiger partial charge on any atom is 0.265 e. The average Bonchev–Trinajstić information content (AvgIpc) is 2.57. The lowest BCUT2D eigenvalue weighted by Gasteiger charge is -2.16. The van der Waals surface area contributed by atoms with E-state index in [9.17, 15) is 4.79 Å². The monoisotopic (exact) mass is 413 g/mol. The molecule has 1 unspecified atom stereocenters. The van der Waals surface area contributed by atoms with Crippen molar-refractivity contribution < 1.29 is 19.0 Å². The normalized spacial score (nSPS) is 11.5. The van der Waals surface area contributed by atoms with E-state index >= 15 is 0 Å². The van der Waals surface area contributed by atoms with Crippen LogP contribution in [0.2, 0.25) is 5.02 Å². The minimum atomic E-state index is -0.699. The van der Waals surface area contributed by atoms with Gasteiger partial charge in [-0.15, -0.1) is 0 Å². The van der Waals surface area contributed by atoms with Gasteiger partial charge in [-0.3, -0.25) is 4.79 Å². The highest BCUT2D eigenvalue weighted by Gasteiger charge is 2.17. The topological polar surface area (TPSA) is 56.8 Å². The number of nitrogens with one attached hydrogen (secondary N) is 1. The molecule has 0 fully saturated rings. The van der Waals surface area contributed by atoms with Crippen LogP contribution in [0.5, 0.6) is 17.2 Å². The van der Waals surface area contributed by atoms with Gasteiger partial charge >= 0.3 is 0 Å². The summed E-state index contributed by atoms with van der Waals surface area (Å²) in [6, 6.07) is 10.2. The van der Waals surface area contributed by atoms with E-state index in [1.165, 1.54) is 7.11 Å². The summed E-state index contributed by atoms with van der Waals surface area (Å²) in [5.41, 5.74) is 0.586. The minimum absolute atomic E-state index is 0.288. The Hall–Kier alpha value is -1.92. The molecule has 2 aromatic carbocycles. The van der Waals surface area contributed by atoms with Gasteiger partial charge in [-0.2, -0.15) is 0 Å². The smallest absolute Gasteiger partial charge is 0.265 e. The van der Waals surface area contributed by atoms with Crippen molar-refractivity contribution in [2.75, 3.05) is 19.5 Å². The summed E-state index contributed by atoms with van der Waals surface area (Å²) >= 11 is 9.24. The van der Waals surface area contributed by atoms with Gasteiger partial charge in [-0.05, 0) is 53.2 Å². The molecule has 1 amide bonds. The standard InChI is InChI=1S/C17H17BrClNO4/c1-10(24-14-6-4-11(19)8-13(14)18)17(21)20-12-5-7-15(22-2)16(9-12)23-3/h4-10H,1-3H3,(H,20,21).